The van der Waals surface area contributed by atoms with Gasteiger partial charge in [-0.25, -0.2) is 0 Å². The number of benzene rings is 1. The molecule has 1 aliphatic rings. The summed E-state index contributed by atoms with van der Waals surface area (Å²) in [4.78, 5) is 14.1. The molecule has 19 heavy (non-hydrogen) atoms. The Bertz CT molecular complexity index is 431. The van der Waals surface area contributed by atoms with Crippen LogP contribution in [-0.4, -0.2) is 17.4 Å². The van der Waals surface area contributed by atoms with Crippen molar-refractivity contribution in [1.29, 1.82) is 0 Å². The van der Waals surface area contributed by atoms with Gasteiger partial charge in [-0.1, -0.05) is 31.9 Å². The molecule has 1 amide bonds. The maximum atomic E-state index is 12.1. The van der Waals surface area contributed by atoms with Crippen LogP contribution in [0.25, 0.3) is 0 Å². The van der Waals surface area contributed by atoms with Gasteiger partial charge in [-0.05, 0) is 36.5 Å². The Morgan fingerprint density at radius 2 is 2.21 bits per heavy atom. The molecule has 0 radical (unpaired) electrons. The number of nitrogen functional groups attached to an aromatic ring is 1. The van der Waals surface area contributed by atoms with Crippen molar-refractivity contribution in [3.8, 4) is 0 Å². The van der Waals surface area contributed by atoms with Crippen LogP contribution in [0.3, 0.4) is 0 Å². The lowest BCUT2D eigenvalue weighted by molar-refractivity contribution is -0.131. The minimum absolute atomic E-state index is 0.293. The Kier molecular flexibility index (Phi) is 4.83. The van der Waals surface area contributed by atoms with Crippen LogP contribution in [0.15, 0.2) is 24.3 Å². The van der Waals surface area contributed by atoms with Gasteiger partial charge in [0.25, 0.3) is 0 Å². The molecule has 1 heterocycles. The summed E-state index contributed by atoms with van der Waals surface area (Å²) in [7, 11) is 0. The first-order valence-corrected chi connectivity index (χ1v) is 7.31. The fraction of sp³-hybridized carbons (Fsp3) is 0.562. The highest BCUT2D eigenvalue weighted by Crippen LogP contribution is 2.23. The summed E-state index contributed by atoms with van der Waals surface area (Å²) >= 11 is 0. The second-order valence-electron chi connectivity index (χ2n) is 5.54. The first-order chi connectivity index (χ1) is 9.19. The van der Waals surface area contributed by atoms with Crippen molar-refractivity contribution in [3.05, 3.63) is 29.8 Å². The molecule has 1 aromatic carbocycles. The third-order valence-electron chi connectivity index (χ3n) is 3.95. The number of anilines is 1. The van der Waals surface area contributed by atoms with Crippen molar-refractivity contribution < 1.29 is 4.79 Å². The highest BCUT2D eigenvalue weighted by Gasteiger charge is 2.21. The summed E-state index contributed by atoms with van der Waals surface area (Å²) in [6.45, 7) is 3.80. The lowest BCUT2D eigenvalue weighted by atomic mass is 9.96. The van der Waals surface area contributed by atoms with Gasteiger partial charge < -0.3 is 10.6 Å². The fourth-order valence-corrected chi connectivity index (χ4v) is 2.87. The number of nitrogens with two attached hydrogens (primary N) is 1. The van der Waals surface area contributed by atoms with E-state index in [4.69, 9.17) is 5.73 Å². The summed E-state index contributed by atoms with van der Waals surface area (Å²) < 4.78 is 0. The zero-order chi connectivity index (χ0) is 13.7. The average Bonchev–Trinajstić information content (AvgIpc) is 2.55. The van der Waals surface area contributed by atoms with Crippen molar-refractivity contribution in [2.45, 2.75) is 45.6 Å². The Morgan fingerprint density at radius 3 is 2.95 bits per heavy atom. The van der Waals surface area contributed by atoms with Gasteiger partial charge in [0.1, 0.15) is 0 Å². The normalized spacial score (nSPS) is 20.4. The van der Waals surface area contributed by atoms with E-state index in [0.717, 1.165) is 36.6 Å². The molecule has 1 fully saturated rings. The highest BCUT2D eigenvalue weighted by atomic mass is 16.2. The largest absolute Gasteiger partial charge is 0.399 e. The number of rotatable bonds is 4. The predicted octanol–water partition coefficient (Wildman–Crippen LogP) is 3.20. The van der Waals surface area contributed by atoms with E-state index in [2.05, 4.69) is 6.92 Å². The SMILES string of the molecule is CCCC1CCC(=O)N(Cc2cccc(N)c2)CC1. The number of likely N-dealkylation sites (tertiary alicyclic amines) is 1. The lowest BCUT2D eigenvalue weighted by Gasteiger charge is -2.21. The van der Waals surface area contributed by atoms with Crippen LogP contribution >= 0.6 is 0 Å². The molecule has 0 aliphatic carbocycles. The van der Waals surface area contributed by atoms with E-state index in [-0.39, 0.29) is 0 Å². The molecular weight excluding hydrogens is 236 g/mol. The lowest BCUT2D eigenvalue weighted by Crippen LogP contribution is -2.29. The average molecular weight is 260 g/mol. The maximum Gasteiger partial charge on any atom is 0.222 e. The summed E-state index contributed by atoms with van der Waals surface area (Å²) in [6, 6.07) is 7.83. The van der Waals surface area contributed by atoms with Crippen molar-refractivity contribution in [2.75, 3.05) is 12.3 Å². The van der Waals surface area contributed by atoms with Gasteiger partial charge in [0.15, 0.2) is 0 Å². The smallest absolute Gasteiger partial charge is 0.222 e. The Balaban J connectivity index is 1.97. The summed E-state index contributed by atoms with van der Waals surface area (Å²) in [5, 5.41) is 0. The van der Waals surface area contributed by atoms with Crippen molar-refractivity contribution >= 4 is 11.6 Å². The van der Waals surface area contributed by atoms with E-state index in [1.165, 1.54) is 12.8 Å². The second kappa shape index (κ2) is 6.60. The molecule has 0 saturated carbocycles. The van der Waals surface area contributed by atoms with Gasteiger partial charge in [0, 0.05) is 25.2 Å². The van der Waals surface area contributed by atoms with Gasteiger partial charge in [-0.15, -0.1) is 0 Å². The molecule has 0 spiro atoms. The molecule has 104 valence electrons. The molecular formula is C16H24N2O. The number of carbonyl (C=O) groups is 1. The van der Waals surface area contributed by atoms with Gasteiger partial charge in [-0.3, -0.25) is 4.79 Å². The molecule has 0 bridgehead atoms. The van der Waals surface area contributed by atoms with Gasteiger partial charge in [0.05, 0.1) is 0 Å². The van der Waals surface area contributed by atoms with Gasteiger partial charge in [-0.2, -0.15) is 0 Å². The topological polar surface area (TPSA) is 46.3 Å². The van der Waals surface area contributed by atoms with E-state index < -0.39 is 0 Å². The summed E-state index contributed by atoms with van der Waals surface area (Å²) in [5.74, 6) is 1.01. The molecule has 3 nitrogen and oxygen atoms in total. The Morgan fingerprint density at radius 1 is 1.37 bits per heavy atom. The van der Waals surface area contributed by atoms with E-state index in [9.17, 15) is 4.79 Å². The molecule has 2 rings (SSSR count). The van der Waals surface area contributed by atoms with Crippen LogP contribution in [0, 0.1) is 5.92 Å². The molecule has 3 heteroatoms. The minimum atomic E-state index is 0.293. The van der Waals surface area contributed by atoms with E-state index >= 15 is 0 Å². The van der Waals surface area contributed by atoms with Crippen molar-refractivity contribution in [2.24, 2.45) is 5.92 Å². The van der Waals surface area contributed by atoms with Crippen LogP contribution in [0.5, 0.6) is 0 Å². The molecule has 1 aromatic rings. The third kappa shape index (κ3) is 3.98. The van der Waals surface area contributed by atoms with E-state index in [1.807, 2.05) is 29.2 Å². The van der Waals surface area contributed by atoms with Gasteiger partial charge >= 0.3 is 0 Å². The van der Waals surface area contributed by atoms with E-state index in [1.54, 1.807) is 0 Å². The quantitative estimate of drug-likeness (QED) is 0.845. The van der Waals surface area contributed by atoms with Gasteiger partial charge in [0.2, 0.25) is 5.91 Å². The molecule has 1 atom stereocenters. The zero-order valence-corrected chi connectivity index (χ0v) is 11.8. The standard InChI is InChI=1S/C16H24N2O/c1-2-4-13-7-8-16(19)18(10-9-13)12-14-5-3-6-15(17)11-14/h3,5-6,11,13H,2,4,7-10,12,17H2,1H3. The number of nitrogens with zero attached hydrogens (tertiary/aromatic N) is 1. The highest BCUT2D eigenvalue weighted by molar-refractivity contribution is 5.76. The third-order valence-corrected chi connectivity index (χ3v) is 3.95. The monoisotopic (exact) mass is 260 g/mol. The van der Waals surface area contributed by atoms with Crippen LogP contribution in [0.2, 0.25) is 0 Å². The number of hydrogen-bond acceptors (Lipinski definition) is 2. The fourth-order valence-electron chi connectivity index (χ4n) is 2.87. The zero-order valence-electron chi connectivity index (χ0n) is 11.8. The maximum absolute atomic E-state index is 12.1. The first kappa shape index (κ1) is 13.9. The number of amides is 1. The van der Waals surface area contributed by atoms with Crippen LogP contribution in [0.1, 0.15) is 44.6 Å². The summed E-state index contributed by atoms with van der Waals surface area (Å²) in [5.41, 5.74) is 7.68. The molecule has 1 saturated heterocycles. The van der Waals surface area contributed by atoms with Crippen molar-refractivity contribution in [1.82, 2.24) is 4.90 Å². The van der Waals surface area contributed by atoms with Crippen molar-refractivity contribution in [3.63, 3.8) is 0 Å². The molecule has 0 aromatic heterocycles. The van der Waals surface area contributed by atoms with E-state index in [0.29, 0.717) is 18.9 Å². The second-order valence-corrected chi connectivity index (χ2v) is 5.54. The number of carbonyl (C=O) groups excluding carboxylic acids is 1. The Labute approximate surface area is 115 Å². The molecule has 1 aliphatic heterocycles. The van der Waals surface area contributed by atoms with Crippen LogP contribution < -0.4 is 5.73 Å². The number of hydrogen-bond donors (Lipinski definition) is 1. The van der Waals surface area contributed by atoms with Crippen LogP contribution in [0.4, 0.5) is 5.69 Å². The predicted molar refractivity (Wildman–Crippen MR) is 78.5 cm³/mol. The molecule has 1 unspecified atom stereocenters. The Hall–Kier alpha value is -1.51. The summed E-state index contributed by atoms with van der Waals surface area (Å²) in [6.07, 6.45) is 5.36. The first-order valence-electron chi connectivity index (χ1n) is 7.31. The minimum Gasteiger partial charge on any atom is -0.399 e. The van der Waals surface area contributed by atoms with Crippen LogP contribution in [-0.2, 0) is 11.3 Å². The molecule has 2 N–H and O–H groups in total.